The van der Waals surface area contributed by atoms with Crippen molar-refractivity contribution < 1.29 is 35.9 Å². The fourth-order valence-corrected chi connectivity index (χ4v) is 4.34. The molecule has 38 heavy (non-hydrogen) atoms. The molecule has 1 aliphatic rings. The number of amides is 1. The summed E-state index contributed by atoms with van der Waals surface area (Å²) in [5.74, 6) is -1.03. The van der Waals surface area contributed by atoms with Gasteiger partial charge in [0.25, 0.3) is 5.91 Å². The first-order chi connectivity index (χ1) is 17.8. The zero-order valence-electron chi connectivity index (χ0n) is 20.3. The number of nitrogens with zero attached hydrogens (tertiary/aromatic N) is 3. The number of aromatic nitrogens is 4. The lowest BCUT2D eigenvalue weighted by Gasteiger charge is -2.41. The molecule has 4 rings (SSSR count). The van der Waals surface area contributed by atoms with Crippen LogP contribution in [0.2, 0.25) is 0 Å². The number of carbonyl (C=O) groups excluding carboxylic acids is 1. The maximum absolute atomic E-state index is 14.8. The first-order valence-electron chi connectivity index (χ1n) is 11.5. The lowest BCUT2D eigenvalue weighted by Crippen LogP contribution is -2.58. The van der Waals surface area contributed by atoms with Crippen molar-refractivity contribution in [1.29, 1.82) is 0 Å². The van der Waals surface area contributed by atoms with Crippen molar-refractivity contribution in [2.75, 3.05) is 6.61 Å². The Hall–Kier alpha value is -3.90. The van der Waals surface area contributed by atoms with E-state index in [-0.39, 0.29) is 46.9 Å². The Morgan fingerprint density at radius 1 is 1.03 bits per heavy atom. The van der Waals surface area contributed by atoms with Gasteiger partial charge in [-0.15, -0.1) is 10.2 Å². The van der Waals surface area contributed by atoms with Gasteiger partial charge in [0.05, 0.1) is 12.2 Å². The highest BCUT2D eigenvalue weighted by atomic mass is 19.4. The predicted molar refractivity (Wildman–Crippen MR) is 125 cm³/mol. The Morgan fingerprint density at radius 2 is 1.74 bits per heavy atom. The van der Waals surface area contributed by atoms with E-state index in [0.717, 1.165) is 11.6 Å². The number of hydrogen-bond acceptors (Lipinski definition) is 5. The van der Waals surface area contributed by atoms with Crippen molar-refractivity contribution in [2.45, 2.75) is 51.0 Å². The third-order valence-corrected chi connectivity index (χ3v) is 6.28. The number of nitrogens with one attached hydrogen (secondary N) is 2. The fraction of sp³-hybridized carbons (Fsp3) is 0.360. The maximum atomic E-state index is 14.8. The molecule has 1 amide bonds. The number of ether oxygens (including phenoxy) is 1. The number of hydrogen-bond donors (Lipinski definition) is 2. The molecule has 0 aliphatic carbocycles. The summed E-state index contributed by atoms with van der Waals surface area (Å²) in [6, 6.07) is 10.3. The second kappa shape index (κ2) is 10.1. The highest BCUT2D eigenvalue weighted by Crippen LogP contribution is 2.50. The van der Waals surface area contributed by atoms with Crippen LogP contribution in [-0.4, -0.2) is 45.5 Å². The van der Waals surface area contributed by atoms with Crippen LogP contribution in [0.3, 0.4) is 0 Å². The molecule has 0 saturated heterocycles. The van der Waals surface area contributed by atoms with E-state index < -0.39 is 36.6 Å². The van der Waals surface area contributed by atoms with Gasteiger partial charge in [-0.25, -0.2) is 0 Å². The summed E-state index contributed by atoms with van der Waals surface area (Å²) >= 11 is 0. The number of halogens is 6. The first kappa shape index (κ1) is 27.1. The van der Waals surface area contributed by atoms with Gasteiger partial charge in [-0.3, -0.25) is 4.79 Å². The first-order valence-corrected chi connectivity index (χ1v) is 11.5. The predicted octanol–water partition coefficient (Wildman–Crippen LogP) is 5.43. The summed E-state index contributed by atoms with van der Waals surface area (Å²) < 4.78 is 87.1. The SMILES string of the molecule is Cc1ccc(C2=C(c3nn[nH]n3)C(=O)N[C@@](c3ccc(OCCCC(F)(F)F)c(C)c3)(C(F)(F)F)C2)cc1. The monoisotopic (exact) mass is 539 g/mol. The number of alkyl halides is 6. The van der Waals surface area contributed by atoms with Crippen LogP contribution in [0.15, 0.2) is 42.5 Å². The Morgan fingerprint density at radius 3 is 2.32 bits per heavy atom. The largest absolute Gasteiger partial charge is 0.493 e. The van der Waals surface area contributed by atoms with E-state index in [0.29, 0.717) is 5.56 Å². The van der Waals surface area contributed by atoms with E-state index in [4.69, 9.17) is 4.74 Å². The Bertz CT molecular complexity index is 1330. The minimum Gasteiger partial charge on any atom is -0.493 e. The van der Waals surface area contributed by atoms with E-state index in [9.17, 15) is 31.1 Å². The van der Waals surface area contributed by atoms with Crippen LogP contribution in [0.25, 0.3) is 11.1 Å². The van der Waals surface area contributed by atoms with Gasteiger partial charge in [0.15, 0.2) is 5.54 Å². The van der Waals surface area contributed by atoms with E-state index in [1.165, 1.54) is 19.1 Å². The van der Waals surface area contributed by atoms with Crippen LogP contribution in [0.5, 0.6) is 5.75 Å². The number of tetrazole rings is 1. The molecular formula is C25H23F6N5O2. The average molecular weight is 539 g/mol. The molecule has 2 N–H and O–H groups in total. The normalized spacial score (nSPS) is 18.5. The van der Waals surface area contributed by atoms with E-state index >= 15 is 0 Å². The molecular weight excluding hydrogens is 516 g/mol. The number of aryl methyl sites for hydroxylation is 2. The molecule has 2 aromatic carbocycles. The fourth-order valence-electron chi connectivity index (χ4n) is 4.34. The van der Waals surface area contributed by atoms with E-state index in [1.807, 2.05) is 6.92 Å². The number of benzene rings is 2. The Labute approximate surface area is 213 Å². The maximum Gasteiger partial charge on any atom is 0.416 e. The van der Waals surface area contributed by atoms with Crippen molar-refractivity contribution in [3.63, 3.8) is 0 Å². The molecule has 0 fully saturated rings. The zero-order valence-corrected chi connectivity index (χ0v) is 20.3. The Balaban J connectivity index is 1.75. The summed E-state index contributed by atoms with van der Waals surface area (Å²) in [6.07, 6.45) is -11.3. The topological polar surface area (TPSA) is 92.8 Å². The smallest absolute Gasteiger partial charge is 0.416 e. The van der Waals surface area contributed by atoms with Crippen LogP contribution in [0.4, 0.5) is 26.3 Å². The number of rotatable bonds is 7. The number of aromatic amines is 1. The van der Waals surface area contributed by atoms with Crippen LogP contribution >= 0.6 is 0 Å². The molecule has 1 atom stereocenters. The lowest BCUT2D eigenvalue weighted by molar-refractivity contribution is -0.201. The van der Waals surface area contributed by atoms with Crippen LogP contribution in [0, 0.1) is 13.8 Å². The molecule has 13 heteroatoms. The van der Waals surface area contributed by atoms with Crippen LogP contribution in [-0.2, 0) is 10.3 Å². The molecule has 0 saturated carbocycles. The van der Waals surface area contributed by atoms with Gasteiger partial charge >= 0.3 is 12.4 Å². The summed E-state index contributed by atoms with van der Waals surface area (Å²) in [4.78, 5) is 13.3. The van der Waals surface area contributed by atoms with Crippen molar-refractivity contribution in [2.24, 2.45) is 0 Å². The van der Waals surface area contributed by atoms with E-state index in [2.05, 4.69) is 25.9 Å². The second-order valence-corrected chi connectivity index (χ2v) is 9.04. The molecule has 1 aliphatic heterocycles. The van der Waals surface area contributed by atoms with Crippen LogP contribution in [0.1, 0.15) is 47.3 Å². The number of carbonyl (C=O) groups is 1. The molecule has 202 valence electrons. The van der Waals surface area contributed by atoms with Gasteiger partial charge < -0.3 is 10.1 Å². The highest BCUT2D eigenvalue weighted by Gasteiger charge is 2.60. The molecule has 1 aromatic heterocycles. The number of H-pyrrole nitrogens is 1. The van der Waals surface area contributed by atoms with Gasteiger partial charge in [0, 0.05) is 12.8 Å². The molecule has 7 nitrogen and oxygen atoms in total. The average Bonchev–Trinajstić information content (AvgIpc) is 3.35. The minimum absolute atomic E-state index is 0.0811. The molecule has 0 unspecified atom stereocenters. The van der Waals surface area contributed by atoms with Gasteiger partial charge in [-0.1, -0.05) is 35.9 Å². The molecule has 0 radical (unpaired) electrons. The van der Waals surface area contributed by atoms with Gasteiger partial charge in [-0.2, -0.15) is 31.6 Å². The van der Waals surface area contributed by atoms with Gasteiger partial charge in [-0.05, 0) is 59.9 Å². The summed E-state index contributed by atoms with van der Waals surface area (Å²) in [6.45, 7) is 3.05. The van der Waals surface area contributed by atoms with Gasteiger partial charge in [0.1, 0.15) is 5.75 Å². The third-order valence-electron chi connectivity index (χ3n) is 6.28. The zero-order chi connectivity index (χ0) is 27.7. The van der Waals surface area contributed by atoms with Crippen molar-refractivity contribution in [3.05, 3.63) is 70.5 Å². The van der Waals surface area contributed by atoms with Crippen LogP contribution < -0.4 is 10.1 Å². The molecule has 0 spiro atoms. The van der Waals surface area contributed by atoms with Gasteiger partial charge in [0.2, 0.25) is 5.82 Å². The third kappa shape index (κ3) is 5.50. The standard InChI is InChI=1S/C25H23F6N5O2/c1-14-4-6-16(7-5-14)18-13-23(25(29,30)31,32-22(37)20(18)21-33-35-36-34-21)17-8-9-19(15(2)12-17)38-11-3-10-24(26,27)28/h4-9,12H,3,10-11,13H2,1-2H3,(H,32,37)(H,33,34,35,36)/t23-/m0/s1. The van der Waals surface area contributed by atoms with Crippen molar-refractivity contribution in [1.82, 2.24) is 25.9 Å². The molecule has 3 aromatic rings. The summed E-state index contributed by atoms with van der Waals surface area (Å²) in [5.41, 5.74) is -1.58. The molecule has 0 bridgehead atoms. The summed E-state index contributed by atoms with van der Waals surface area (Å²) in [5, 5.41) is 15.4. The Kier molecular flexibility index (Phi) is 7.22. The quantitative estimate of drug-likeness (QED) is 0.309. The minimum atomic E-state index is -4.93. The molecule has 2 heterocycles. The lowest BCUT2D eigenvalue weighted by atomic mass is 9.76. The summed E-state index contributed by atoms with van der Waals surface area (Å²) in [7, 11) is 0. The van der Waals surface area contributed by atoms with Crippen molar-refractivity contribution >= 4 is 17.1 Å². The highest BCUT2D eigenvalue weighted by molar-refractivity contribution is 6.27. The van der Waals surface area contributed by atoms with Crippen molar-refractivity contribution in [3.8, 4) is 5.75 Å². The van der Waals surface area contributed by atoms with E-state index in [1.54, 1.807) is 24.3 Å². The second-order valence-electron chi connectivity index (χ2n) is 9.04.